The van der Waals surface area contributed by atoms with Crippen molar-refractivity contribution in [3.8, 4) is 0 Å². The van der Waals surface area contributed by atoms with E-state index in [0.29, 0.717) is 27.8 Å². The van der Waals surface area contributed by atoms with E-state index in [0.717, 1.165) is 11.1 Å². The minimum atomic E-state index is -0.193. The molecule has 1 aromatic heterocycles. The van der Waals surface area contributed by atoms with E-state index in [2.05, 4.69) is 10.3 Å². The quantitative estimate of drug-likeness (QED) is 0.688. The molecule has 0 radical (unpaired) electrons. The van der Waals surface area contributed by atoms with Crippen LogP contribution in [0.2, 0.25) is 0 Å². The number of nitrogens with one attached hydrogen (secondary N) is 2. The first-order valence-corrected chi connectivity index (χ1v) is 8.96. The second-order valence-electron chi connectivity index (χ2n) is 6.29. The summed E-state index contributed by atoms with van der Waals surface area (Å²) in [5, 5.41) is 3.53. The maximum Gasteiger partial charge on any atom is 0.262 e. The normalized spacial score (nSPS) is 12.1. The highest BCUT2D eigenvalue weighted by atomic mass is 32.1. The molecule has 0 unspecified atom stereocenters. The number of rotatable bonds is 4. The first-order chi connectivity index (χ1) is 12.4. The van der Waals surface area contributed by atoms with Crippen LogP contribution in [0.5, 0.6) is 0 Å². The lowest BCUT2D eigenvalue weighted by Gasteiger charge is -2.17. The average molecular weight is 367 g/mol. The van der Waals surface area contributed by atoms with Gasteiger partial charge >= 0.3 is 0 Å². The Balaban J connectivity index is 1.93. The van der Waals surface area contributed by atoms with Gasteiger partial charge in [-0.25, -0.2) is 0 Å². The number of aromatic amines is 1. The van der Waals surface area contributed by atoms with E-state index in [1.807, 2.05) is 45.0 Å². The van der Waals surface area contributed by atoms with Gasteiger partial charge in [-0.1, -0.05) is 24.3 Å². The van der Waals surface area contributed by atoms with Crippen LogP contribution in [0.25, 0.3) is 10.9 Å². The summed E-state index contributed by atoms with van der Waals surface area (Å²) in [6, 6.07) is 12.8. The SMILES string of the molecule is CCn1c(=S)[nH]c2cc(C(=O)N[C@@H](C)c3ccccc3C)ccc2c1=O. The number of benzene rings is 2. The fraction of sp³-hybridized carbons (Fsp3) is 0.250. The number of aromatic nitrogens is 2. The van der Waals surface area contributed by atoms with Gasteiger partial charge in [0.1, 0.15) is 0 Å². The number of hydrogen-bond acceptors (Lipinski definition) is 3. The predicted molar refractivity (Wildman–Crippen MR) is 106 cm³/mol. The molecule has 3 aromatic rings. The summed E-state index contributed by atoms with van der Waals surface area (Å²) in [5.41, 5.74) is 3.11. The molecule has 1 atom stereocenters. The number of nitrogens with zero attached hydrogens (tertiary/aromatic N) is 1. The third kappa shape index (κ3) is 3.32. The van der Waals surface area contributed by atoms with Crippen LogP contribution in [0.1, 0.15) is 41.4 Å². The monoisotopic (exact) mass is 367 g/mol. The lowest BCUT2D eigenvalue weighted by Crippen LogP contribution is -2.27. The molecule has 6 heteroatoms. The Kier molecular flexibility index (Phi) is 5.04. The molecule has 26 heavy (non-hydrogen) atoms. The Labute approximate surface area is 156 Å². The van der Waals surface area contributed by atoms with E-state index in [4.69, 9.17) is 12.2 Å². The summed E-state index contributed by atoms with van der Waals surface area (Å²) >= 11 is 5.23. The van der Waals surface area contributed by atoms with Gasteiger partial charge in [0.25, 0.3) is 11.5 Å². The molecule has 0 saturated heterocycles. The van der Waals surface area contributed by atoms with Crippen molar-refractivity contribution >= 4 is 29.0 Å². The van der Waals surface area contributed by atoms with E-state index in [1.54, 1.807) is 18.2 Å². The van der Waals surface area contributed by atoms with E-state index in [9.17, 15) is 9.59 Å². The molecule has 0 aliphatic heterocycles. The zero-order valence-electron chi connectivity index (χ0n) is 15.0. The van der Waals surface area contributed by atoms with Gasteiger partial charge in [0, 0.05) is 12.1 Å². The predicted octanol–water partition coefficient (Wildman–Crippen LogP) is 3.88. The van der Waals surface area contributed by atoms with E-state index >= 15 is 0 Å². The fourth-order valence-corrected chi connectivity index (χ4v) is 3.44. The molecule has 1 amide bonds. The van der Waals surface area contributed by atoms with Crippen LogP contribution in [0.3, 0.4) is 0 Å². The van der Waals surface area contributed by atoms with Crippen molar-refractivity contribution in [1.82, 2.24) is 14.9 Å². The molecule has 0 saturated carbocycles. The van der Waals surface area contributed by atoms with Gasteiger partial charge in [-0.3, -0.25) is 14.2 Å². The van der Waals surface area contributed by atoms with Gasteiger partial charge in [-0.2, -0.15) is 0 Å². The molecule has 0 bridgehead atoms. The topological polar surface area (TPSA) is 66.9 Å². The van der Waals surface area contributed by atoms with E-state index < -0.39 is 0 Å². The molecule has 0 fully saturated rings. The van der Waals surface area contributed by atoms with Crippen molar-refractivity contribution in [3.05, 3.63) is 74.3 Å². The minimum absolute atomic E-state index is 0.119. The first-order valence-electron chi connectivity index (χ1n) is 8.55. The molecule has 3 rings (SSSR count). The first kappa shape index (κ1) is 18.1. The summed E-state index contributed by atoms with van der Waals surface area (Å²) in [5.74, 6) is -0.193. The smallest absolute Gasteiger partial charge is 0.262 e. The molecule has 134 valence electrons. The summed E-state index contributed by atoms with van der Waals surface area (Å²) in [6.45, 7) is 6.34. The summed E-state index contributed by atoms with van der Waals surface area (Å²) in [7, 11) is 0. The molecule has 0 aliphatic carbocycles. The van der Waals surface area contributed by atoms with Gasteiger partial charge in [-0.15, -0.1) is 0 Å². The zero-order chi connectivity index (χ0) is 18.8. The lowest BCUT2D eigenvalue weighted by molar-refractivity contribution is 0.0940. The highest BCUT2D eigenvalue weighted by Gasteiger charge is 2.14. The summed E-state index contributed by atoms with van der Waals surface area (Å²) < 4.78 is 1.85. The van der Waals surface area contributed by atoms with Gasteiger partial charge in [-0.05, 0) is 62.3 Å². The van der Waals surface area contributed by atoms with Crippen molar-refractivity contribution in [3.63, 3.8) is 0 Å². The van der Waals surface area contributed by atoms with E-state index in [-0.39, 0.29) is 17.5 Å². The number of fused-ring (bicyclic) bond motifs is 1. The Morgan fingerprint density at radius 1 is 1.27 bits per heavy atom. The largest absolute Gasteiger partial charge is 0.346 e. The third-order valence-electron chi connectivity index (χ3n) is 4.56. The molecule has 2 aromatic carbocycles. The van der Waals surface area contributed by atoms with Gasteiger partial charge in [0.05, 0.1) is 16.9 Å². The van der Waals surface area contributed by atoms with Crippen LogP contribution in [-0.4, -0.2) is 15.5 Å². The fourth-order valence-electron chi connectivity index (χ4n) is 3.11. The van der Waals surface area contributed by atoms with Crippen LogP contribution >= 0.6 is 12.2 Å². The van der Waals surface area contributed by atoms with Gasteiger partial charge in [0.15, 0.2) is 4.77 Å². The molecule has 2 N–H and O–H groups in total. The zero-order valence-corrected chi connectivity index (χ0v) is 15.8. The third-order valence-corrected chi connectivity index (χ3v) is 4.89. The molecular weight excluding hydrogens is 346 g/mol. The maximum absolute atomic E-state index is 12.6. The lowest BCUT2D eigenvalue weighted by atomic mass is 10.0. The van der Waals surface area contributed by atoms with Crippen molar-refractivity contribution in [2.45, 2.75) is 33.4 Å². The number of H-pyrrole nitrogens is 1. The van der Waals surface area contributed by atoms with Crippen molar-refractivity contribution in [2.24, 2.45) is 0 Å². The van der Waals surface area contributed by atoms with Crippen LogP contribution in [0, 0.1) is 11.7 Å². The average Bonchev–Trinajstić information content (AvgIpc) is 2.61. The Morgan fingerprint density at radius 3 is 2.69 bits per heavy atom. The number of hydrogen-bond donors (Lipinski definition) is 2. The van der Waals surface area contributed by atoms with Crippen LogP contribution in [0.4, 0.5) is 0 Å². The van der Waals surface area contributed by atoms with Crippen LogP contribution in [-0.2, 0) is 6.54 Å². The Bertz CT molecular complexity index is 1100. The number of carbonyl (C=O) groups is 1. The Morgan fingerprint density at radius 2 is 2.00 bits per heavy atom. The standard InChI is InChI=1S/C20H21N3O2S/c1-4-23-19(25)16-10-9-14(11-17(16)22-20(23)26)18(24)21-13(3)15-8-6-5-7-12(15)2/h5-11,13H,4H2,1-3H3,(H,21,24)(H,22,26)/t13-/m0/s1. The van der Waals surface area contributed by atoms with Crippen molar-refractivity contribution in [2.75, 3.05) is 0 Å². The maximum atomic E-state index is 12.6. The molecule has 0 spiro atoms. The Hall–Kier alpha value is -2.73. The molecule has 5 nitrogen and oxygen atoms in total. The highest BCUT2D eigenvalue weighted by molar-refractivity contribution is 7.71. The highest BCUT2D eigenvalue weighted by Crippen LogP contribution is 2.18. The van der Waals surface area contributed by atoms with Gasteiger partial charge in [0.2, 0.25) is 0 Å². The van der Waals surface area contributed by atoms with Crippen LogP contribution in [0.15, 0.2) is 47.3 Å². The number of amides is 1. The second-order valence-corrected chi connectivity index (χ2v) is 6.68. The van der Waals surface area contributed by atoms with E-state index in [1.165, 1.54) is 4.57 Å². The summed E-state index contributed by atoms with van der Waals surface area (Å²) in [6.07, 6.45) is 0. The van der Waals surface area contributed by atoms with Crippen molar-refractivity contribution < 1.29 is 4.79 Å². The molecular formula is C20H21N3O2S. The number of aryl methyl sites for hydroxylation is 1. The van der Waals surface area contributed by atoms with Crippen LogP contribution < -0.4 is 10.9 Å². The molecule has 0 aliphatic rings. The second kappa shape index (κ2) is 7.25. The van der Waals surface area contributed by atoms with Crippen molar-refractivity contribution in [1.29, 1.82) is 0 Å². The van der Waals surface area contributed by atoms with Gasteiger partial charge < -0.3 is 10.3 Å². The minimum Gasteiger partial charge on any atom is -0.346 e. The summed E-state index contributed by atoms with van der Waals surface area (Å²) in [4.78, 5) is 28.1. The molecule has 1 heterocycles. The number of carbonyl (C=O) groups excluding carboxylic acids is 1.